The van der Waals surface area contributed by atoms with Crippen LogP contribution in [0.2, 0.25) is 0 Å². The van der Waals surface area contributed by atoms with Crippen LogP contribution in [0.4, 0.5) is 0 Å². The third-order valence-electron chi connectivity index (χ3n) is 7.36. The number of nitrogens with one attached hydrogen (secondary N) is 2. The number of benzene rings is 2. The van der Waals surface area contributed by atoms with Gasteiger partial charge in [-0.2, -0.15) is 5.10 Å². The summed E-state index contributed by atoms with van der Waals surface area (Å²) in [7, 11) is 0. The highest BCUT2D eigenvalue weighted by Gasteiger charge is 2.30. The fraction of sp³-hybridized carbons (Fsp3) is 0.233. The summed E-state index contributed by atoms with van der Waals surface area (Å²) in [5.74, 6) is 0.962. The van der Waals surface area contributed by atoms with E-state index >= 15 is 0 Å². The number of oxazole rings is 1. The number of hydrogen-bond acceptors (Lipinski definition) is 9. The Morgan fingerprint density at radius 2 is 1.93 bits per heavy atom. The summed E-state index contributed by atoms with van der Waals surface area (Å²) in [4.78, 5) is 24.4. The van der Waals surface area contributed by atoms with Gasteiger partial charge in [0.05, 0.1) is 6.04 Å². The van der Waals surface area contributed by atoms with E-state index in [2.05, 4.69) is 42.1 Å². The molecule has 5 aromatic rings. The number of piperidine rings is 1. The lowest BCUT2D eigenvalue weighted by molar-refractivity contribution is 0.0664. The Balaban J connectivity index is 1.16. The predicted molar refractivity (Wildman–Crippen MR) is 158 cm³/mol. The summed E-state index contributed by atoms with van der Waals surface area (Å²) in [5.41, 5.74) is 16.1. The first-order valence-corrected chi connectivity index (χ1v) is 14.2. The fourth-order valence-electron chi connectivity index (χ4n) is 5.16. The Morgan fingerprint density at radius 1 is 1.10 bits per heavy atom. The van der Waals surface area contributed by atoms with Gasteiger partial charge >= 0.3 is 0 Å². The van der Waals surface area contributed by atoms with Crippen LogP contribution in [0, 0.1) is 11.4 Å². The van der Waals surface area contributed by atoms with Gasteiger partial charge in [-0.05, 0) is 72.6 Å². The molecule has 1 unspecified atom stereocenters. The second-order valence-electron chi connectivity index (χ2n) is 9.96. The topological polar surface area (TPSA) is 133 Å². The Bertz CT molecular complexity index is 1690. The maximum absolute atomic E-state index is 13.5. The van der Waals surface area contributed by atoms with Crippen molar-refractivity contribution in [3.63, 3.8) is 0 Å². The molecule has 10 nitrogen and oxygen atoms in total. The lowest BCUT2D eigenvalue weighted by Gasteiger charge is -2.36. The second kappa shape index (κ2) is 11.8. The number of likely N-dealkylation sites (tertiary alicyclic amines) is 1. The van der Waals surface area contributed by atoms with Gasteiger partial charge in [-0.1, -0.05) is 36.4 Å². The van der Waals surface area contributed by atoms with E-state index in [4.69, 9.17) is 9.95 Å². The average molecular weight is 565 g/mol. The third kappa shape index (κ3) is 5.75. The first-order valence-electron chi connectivity index (χ1n) is 13.4. The monoisotopic (exact) mass is 564 g/mol. The van der Waals surface area contributed by atoms with Crippen LogP contribution in [-0.2, 0) is 0 Å². The van der Waals surface area contributed by atoms with Gasteiger partial charge in [-0.3, -0.25) is 9.78 Å². The van der Waals surface area contributed by atoms with Crippen molar-refractivity contribution in [3.8, 4) is 22.6 Å². The summed E-state index contributed by atoms with van der Waals surface area (Å²) in [6.07, 6.45) is 5.06. The van der Waals surface area contributed by atoms with Gasteiger partial charge in [0.1, 0.15) is 11.2 Å². The minimum atomic E-state index is -0.111. The molecular formula is C30H28N8O2S. The molecule has 0 radical (unpaired) electrons. The maximum atomic E-state index is 13.5. The summed E-state index contributed by atoms with van der Waals surface area (Å²) < 4.78 is 10.2. The highest BCUT2D eigenvalue weighted by Crippen LogP contribution is 2.32. The van der Waals surface area contributed by atoms with E-state index in [1.54, 1.807) is 25.3 Å². The number of amides is 1. The highest BCUT2D eigenvalue weighted by molar-refractivity contribution is 7.03. The Kier molecular flexibility index (Phi) is 7.59. The molecule has 1 amide bonds. The van der Waals surface area contributed by atoms with Crippen LogP contribution in [0.15, 0.2) is 93.1 Å². The van der Waals surface area contributed by atoms with E-state index in [0.29, 0.717) is 41.7 Å². The molecule has 0 bridgehead atoms. The van der Waals surface area contributed by atoms with Crippen LogP contribution in [-0.4, -0.2) is 44.1 Å². The molecule has 0 saturated carbocycles. The third-order valence-corrected chi connectivity index (χ3v) is 7.95. The molecule has 206 valence electrons. The van der Waals surface area contributed by atoms with Crippen LogP contribution in [0.5, 0.6) is 0 Å². The lowest BCUT2D eigenvalue weighted by atomic mass is 9.85. The fourth-order valence-corrected chi connectivity index (χ4v) is 5.70. The molecular weight excluding hydrogens is 536 g/mol. The molecule has 41 heavy (non-hydrogen) atoms. The van der Waals surface area contributed by atoms with Crippen LogP contribution in [0.25, 0.3) is 33.7 Å². The van der Waals surface area contributed by atoms with Gasteiger partial charge in [0.15, 0.2) is 11.4 Å². The summed E-state index contributed by atoms with van der Waals surface area (Å²) in [5, 5.41) is 9.66. The summed E-state index contributed by atoms with van der Waals surface area (Å²) in [6, 6.07) is 19.5. The SMILES string of the molecule is C/C(N=N)=N/NC(c1ccccc1)C1CCN(C(=O)c2cc(-c3nc4cc(-c5cnsc5)ccc4o3)ccn2)CC1. The Labute approximate surface area is 240 Å². The molecule has 3 aromatic heterocycles. The van der Waals surface area contributed by atoms with E-state index in [0.717, 1.165) is 35.0 Å². The van der Waals surface area contributed by atoms with Gasteiger partial charge < -0.3 is 14.7 Å². The van der Waals surface area contributed by atoms with Gasteiger partial charge in [-0.15, -0.1) is 5.11 Å². The molecule has 4 heterocycles. The number of fused-ring (bicyclic) bond motifs is 1. The molecule has 2 N–H and O–H groups in total. The number of rotatable bonds is 7. The number of nitrogens with zero attached hydrogens (tertiary/aromatic N) is 6. The van der Waals surface area contributed by atoms with Gasteiger partial charge in [0.25, 0.3) is 5.91 Å². The molecule has 1 saturated heterocycles. The van der Waals surface area contributed by atoms with Crippen molar-refractivity contribution in [2.75, 3.05) is 13.1 Å². The quantitative estimate of drug-likeness (QED) is 0.0995. The molecule has 6 rings (SSSR count). The van der Waals surface area contributed by atoms with E-state index < -0.39 is 0 Å². The smallest absolute Gasteiger partial charge is 0.272 e. The number of hydrogen-bond donors (Lipinski definition) is 2. The van der Waals surface area contributed by atoms with Crippen molar-refractivity contribution in [1.82, 2.24) is 24.7 Å². The number of carbonyl (C=O) groups is 1. The van der Waals surface area contributed by atoms with Crippen molar-refractivity contribution in [1.29, 1.82) is 5.53 Å². The van der Waals surface area contributed by atoms with Crippen LogP contribution in [0.3, 0.4) is 0 Å². The average Bonchev–Trinajstić information content (AvgIpc) is 3.72. The van der Waals surface area contributed by atoms with Crippen molar-refractivity contribution in [2.24, 2.45) is 16.1 Å². The zero-order valence-corrected chi connectivity index (χ0v) is 23.2. The first kappa shape index (κ1) is 26.5. The van der Waals surface area contributed by atoms with Gasteiger partial charge in [-0.25, -0.2) is 14.9 Å². The maximum Gasteiger partial charge on any atom is 0.272 e. The van der Waals surface area contributed by atoms with Gasteiger partial charge in [0, 0.05) is 42.0 Å². The highest BCUT2D eigenvalue weighted by atomic mass is 32.1. The number of carbonyl (C=O) groups excluding carboxylic acids is 1. The number of amidine groups is 1. The van der Waals surface area contributed by atoms with Crippen molar-refractivity contribution in [3.05, 3.63) is 89.7 Å². The van der Waals surface area contributed by atoms with Gasteiger partial charge in [0.2, 0.25) is 5.89 Å². The molecule has 2 aromatic carbocycles. The number of hydrazone groups is 1. The van der Waals surface area contributed by atoms with Crippen LogP contribution < -0.4 is 5.43 Å². The second-order valence-corrected chi connectivity index (χ2v) is 10.6. The van der Waals surface area contributed by atoms with E-state index in [-0.39, 0.29) is 17.9 Å². The predicted octanol–water partition coefficient (Wildman–Crippen LogP) is 6.56. The molecule has 11 heteroatoms. The largest absolute Gasteiger partial charge is 0.436 e. The molecule has 1 aliphatic rings. The molecule has 1 aliphatic heterocycles. The minimum absolute atomic E-state index is 0.0396. The Hall–Kier alpha value is -4.77. The molecule has 0 aliphatic carbocycles. The number of aromatic nitrogens is 3. The number of pyridine rings is 1. The molecule has 1 fully saturated rings. The standard InChI is InChI=1S/C30H28N8O2S/c1-19(35-31)36-37-28(20-5-3-2-4-6-20)21-10-13-38(14-11-21)30(39)26-16-23(9-12-32-26)29-34-25-15-22(7-8-27(25)40-29)24-17-33-41-18-24/h2-9,12,15-18,21,28,31,37H,10-11,13-14H2,1H3/b35-31?,36-19-. The minimum Gasteiger partial charge on any atom is -0.436 e. The van der Waals surface area contributed by atoms with Crippen LogP contribution in [0.1, 0.15) is 41.9 Å². The van der Waals surface area contributed by atoms with E-state index in [9.17, 15) is 4.79 Å². The zero-order chi connectivity index (χ0) is 28.2. The molecule has 1 atom stereocenters. The van der Waals surface area contributed by atoms with E-state index in [1.807, 2.05) is 52.9 Å². The molecule has 0 spiro atoms. The normalized spacial score (nSPS) is 15.1. The Morgan fingerprint density at radius 3 is 2.68 bits per heavy atom. The lowest BCUT2D eigenvalue weighted by Crippen LogP contribution is -2.41. The van der Waals surface area contributed by atoms with E-state index in [1.165, 1.54) is 11.5 Å². The zero-order valence-electron chi connectivity index (χ0n) is 22.4. The van der Waals surface area contributed by atoms with Crippen LogP contribution >= 0.6 is 11.5 Å². The van der Waals surface area contributed by atoms with Crippen molar-refractivity contribution >= 4 is 34.4 Å². The van der Waals surface area contributed by atoms with Crippen molar-refractivity contribution < 1.29 is 9.21 Å². The summed E-state index contributed by atoms with van der Waals surface area (Å²) >= 11 is 1.41. The summed E-state index contributed by atoms with van der Waals surface area (Å²) in [6.45, 7) is 2.90. The van der Waals surface area contributed by atoms with Crippen molar-refractivity contribution in [2.45, 2.75) is 25.8 Å². The first-order chi connectivity index (χ1) is 20.1.